The summed E-state index contributed by atoms with van der Waals surface area (Å²) in [5, 5.41) is 5.49. The van der Waals surface area contributed by atoms with Gasteiger partial charge in [-0.2, -0.15) is 0 Å². The Kier molecular flexibility index (Phi) is 6.67. The van der Waals surface area contributed by atoms with Gasteiger partial charge in [-0.05, 0) is 35.7 Å². The average Bonchev–Trinajstić information content (AvgIpc) is 2.55. The zero-order valence-corrected chi connectivity index (χ0v) is 13.2. The van der Waals surface area contributed by atoms with Crippen LogP contribution in [0.15, 0.2) is 48.8 Å². The molecule has 1 heterocycles. The number of carbonyl (C=O) groups excluding carboxylic acids is 1. The molecule has 0 radical (unpaired) electrons. The lowest BCUT2D eigenvalue weighted by Gasteiger charge is -2.08. The Morgan fingerprint density at radius 3 is 2.61 bits per heavy atom. The van der Waals surface area contributed by atoms with Crippen LogP contribution < -0.4 is 15.4 Å². The second-order valence-electron chi connectivity index (χ2n) is 4.76. The number of aromatic nitrogens is 1. The van der Waals surface area contributed by atoms with Gasteiger partial charge < -0.3 is 10.6 Å². The van der Waals surface area contributed by atoms with Gasteiger partial charge in [0.2, 0.25) is 11.3 Å². The highest BCUT2D eigenvalue weighted by Crippen LogP contribution is 2.09. The second kappa shape index (κ2) is 8.99. The van der Waals surface area contributed by atoms with Crippen molar-refractivity contribution in [2.75, 3.05) is 11.9 Å². The summed E-state index contributed by atoms with van der Waals surface area (Å²) in [6.07, 6.45) is 4.00. The third-order valence-corrected chi connectivity index (χ3v) is 3.48. The maximum absolute atomic E-state index is 11.8. The zero-order chi connectivity index (χ0) is 16.5. The number of nitrogens with one attached hydrogen (secondary N) is 3. The monoisotopic (exact) mass is 334 g/mol. The number of anilines is 1. The number of amides is 2. The number of hydrogen-bond donors (Lipinski definition) is 4. The van der Waals surface area contributed by atoms with Crippen LogP contribution in [-0.2, 0) is 24.2 Å². The standard InChI is InChI=1S/C15H18N4O3S/c20-15(17-11-13-2-1-8-16-10-13)19-14-5-3-12(4-6-14)7-9-18-23(21)22/h1-6,8,10,18H,7,9,11H2,(H,21,22)(H2,17,19,20). The molecule has 2 amide bonds. The third-order valence-electron chi connectivity index (χ3n) is 3.03. The van der Waals surface area contributed by atoms with Crippen LogP contribution in [-0.4, -0.2) is 26.3 Å². The summed E-state index contributed by atoms with van der Waals surface area (Å²) in [5.74, 6) is 0. The summed E-state index contributed by atoms with van der Waals surface area (Å²) in [6.45, 7) is 0.809. The summed E-state index contributed by atoms with van der Waals surface area (Å²) in [5.41, 5.74) is 2.60. The van der Waals surface area contributed by atoms with Gasteiger partial charge >= 0.3 is 6.03 Å². The smallest absolute Gasteiger partial charge is 0.319 e. The molecule has 1 atom stereocenters. The van der Waals surface area contributed by atoms with Crippen LogP contribution in [0, 0.1) is 0 Å². The molecule has 0 saturated carbocycles. The van der Waals surface area contributed by atoms with Crippen LogP contribution in [0.3, 0.4) is 0 Å². The van der Waals surface area contributed by atoms with Crippen LogP contribution >= 0.6 is 0 Å². The fourth-order valence-corrected chi connectivity index (χ4v) is 2.17. The lowest BCUT2D eigenvalue weighted by atomic mass is 10.1. The lowest BCUT2D eigenvalue weighted by Crippen LogP contribution is -2.28. The van der Waals surface area contributed by atoms with Gasteiger partial charge in [0, 0.05) is 31.2 Å². The van der Waals surface area contributed by atoms with E-state index in [0.717, 1.165) is 11.1 Å². The Morgan fingerprint density at radius 2 is 1.96 bits per heavy atom. The van der Waals surface area contributed by atoms with E-state index in [0.29, 0.717) is 25.2 Å². The minimum atomic E-state index is -1.99. The van der Waals surface area contributed by atoms with Gasteiger partial charge in [0.1, 0.15) is 0 Å². The Balaban J connectivity index is 1.76. The van der Waals surface area contributed by atoms with Gasteiger partial charge in [-0.15, -0.1) is 0 Å². The molecule has 0 bridgehead atoms. The first-order chi connectivity index (χ1) is 11.1. The van der Waals surface area contributed by atoms with Crippen LogP contribution in [0.25, 0.3) is 0 Å². The summed E-state index contributed by atoms with van der Waals surface area (Å²) >= 11 is -1.99. The Labute approximate surface area is 136 Å². The molecule has 2 rings (SSSR count). The van der Waals surface area contributed by atoms with Crippen LogP contribution in [0.2, 0.25) is 0 Å². The fraction of sp³-hybridized carbons (Fsp3) is 0.200. The molecular weight excluding hydrogens is 316 g/mol. The highest BCUT2D eigenvalue weighted by molar-refractivity contribution is 7.77. The van der Waals surface area contributed by atoms with Crippen molar-refractivity contribution in [1.82, 2.24) is 15.0 Å². The number of benzene rings is 1. The lowest BCUT2D eigenvalue weighted by molar-refractivity contribution is 0.251. The van der Waals surface area contributed by atoms with Crippen molar-refractivity contribution in [2.24, 2.45) is 0 Å². The summed E-state index contributed by atoms with van der Waals surface area (Å²) in [4.78, 5) is 15.8. The van der Waals surface area contributed by atoms with E-state index in [1.807, 2.05) is 24.3 Å². The molecule has 1 unspecified atom stereocenters. The maximum Gasteiger partial charge on any atom is 0.319 e. The number of nitrogens with zero attached hydrogens (tertiary/aromatic N) is 1. The molecule has 2 aromatic rings. The molecule has 1 aromatic heterocycles. The van der Waals surface area contributed by atoms with E-state index in [1.165, 1.54) is 0 Å². The van der Waals surface area contributed by atoms with Crippen LogP contribution in [0.4, 0.5) is 10.5 Å². The number of hydrogen-bond acceptors (Lipinski definition) is 3. The quantitative estimate of drug-likeness (QED) is 0.578. The number of carbonyl (C=O) groups is 1. The molecule has 0 aliphatic carbocycles. The molecule has 7 nitrogen and oxygen atoms in total. The van der Waals surface area contributed by atoms with E-state index in [-0.39, 0.29) is 6.03 Å². The first-order valence-corrected chi connectivity index (χ1v) is 8.11. The maximum atomic E-state index is 11.8. The number of pyridine rings is 1. The van der Waals surface area contributed by atoms with Crippen LogP contribution in [0.1, 0.15) is 11.1 Å². The molecule has 0 aliphatic heterocycles. The Hall–Kier alpha value is -2.29. The summed E-state index contributed by atoms with van der Waals surface area (Å²) in [7, 11) is 0. The van der Waals surface area contributed by atoms with Crippen molar-refractivity contribution in [1.29, 1.82) is 0 Å². The SMILES string of the molecule is O=C(NCc1cccnc1)Nc1ccc(CCNS(=O)O)cc1. The van der Waals surface area contributed by atoms with E-state index >= 15 is 0 Å². The fourth-order valence-electron chi connectivity index (χ4n) is 1.90. The normalized spacial score (nSPS) is 11.7. The van der Waals surface area contributed by atoms with Crippen molar-refractivity contribution in [3.05, 3.63) is 59.9 Å². The van der Waals surface area contributed by atoms with Gasteiger partial charge in [0.15, 0.2) is 0 Å². The topological polar surface area (TPSA) is 103 Å². The molecule has 0 spiro atoms. The Bertz CT molecular complexity index is 650. The first kappa shape index (κ1) is 17.1. The van der Waals surface area contributed by atoms with Gasteiger partial charge in [0.05, 0.1) is 0 Å². The molecular formula is C15H18N4O3S. The second-order valence-corrected chi connectivity index (χ2v) is 5.55. The third kappa shape index (κ3) is 6.55. The van der Waals surface area contributed by atoms with Crippen molar-refractivity contribution < 1.29 is 13.6 Å². The Morgan fingerprint density at radius 1 is 1.17 bits per heavy atom. The predicted molar refractivity (Wildman–Crippen MR) is 89.0 cm³/mol. The van der Waals surface area contributed by atoms with Crippen molar-refractivity contribution >= 4 is 23.0 Å². The van der Waals surface area contributed by atoms with E-state index in [2.05, 4.69) is 20.3 Å². The largest absolute Gasteiger partial charge is 0.334 e. The van der Waals surface area contributed by atoms with E-state index in [9.17, 15) is 9.00 Å². The van der Waals surface area contributed by atoms with Crippen LogP contribution in [0.5, 0.6) is 0 Å². The minimum absolute atomic E-state index is 0.293. The zero-order valence-electron chi connectivity index (χ0n) is 12.4. The van der Waals surface area contributed by atoms with Gasteiger partial charge in [-0.3, -0.25) is 9.54 Å². The van der Waals surface area contributed by atoms with Gasteiger partial charge in [-0.1, -0.05) is 18.2 Å². The minimum Gasteiger partial charge on any atom is -0.334 e. The average molecular weight is 334 g/mol. The summed E-state index contributed by atoms with van der Waals surface area (Å²) in [6, 6.07) is 10.7. The first-order valence-electron chi connectivity index (χ1n) is 7.00. The van der Waals surface area contributed by atoms with E-state index < -0.39 is 11.3 Å². The molecule has 4 N–H and O–H groups in total. The highest BCUT2D eigenvalue weighted by Gasteiger charge is 2.02. The highest BCUT2D eigenvalue weighted by atomic mass is 32.2. The number of rotatable bonds is 7. The van der Waals surface area contributed by atoms with Crippen molar-refractivity contribution in [3.8, 4) is 0 Å². The van der Waals surface area contributed by atoms with E-state index in [1.54, 1.807) is 24.5 Å². The molecule has 0 saturated heterocycles. The van der Waals surface area contributed by atoms with Crippen molar-refractivity contribution in [3.63, 3.8) is 0 Å². The van der Waals surface area contributed by atoms with Crippen molar-refractivity contribution in [2.45, 2.75) is 13.0 Å². The van der Waals surface area contributed by atoms with Gasteiger partial charge in [-0.25, -0.2) is 13.7 Å². The summed E-state index contributed by atoms with van der Waals surface area (Å²) < 4.78 is 21.5. The van der Waals surface area contributed by atoms with E-state index in [4.69, 9.17) is 4.55 Å². The molecule has 122 valence electrons. The number of urea groups is 1. The molecule has 8 heteroatoms. The molecule has 23 heavy (non-hydrogen) atoms. The molecule has 1 aromatic carbocycles. The predicted octanol–water partition coefficient (Wildman–Crippen LogP) is 1.67. The van der Waals surface area contributed by atoms with Gasteiger partial charge in [0.25, 0.3) is 0 Å². The molecule has 0 fully saturated rings. The molecule has 0 aliphatic rings.